The molecule has 0 bridgehead atoms. The summed E-state index contributed by atoms with van der Waals surface area (Å²) in [5.41, 5.74) is -0.871. The second-order valence-electron chi connectivity index (χ2n) is 7.20. The van der Waals surface area contributed by atoms with Crippen molar-refractivity contribution in [2.45, 2.75) is 39.6 Å². The highest BCUT2D eigenvalue weighted by molar-refractivity contribution is 4.87. The molecule has 2 fully saturated rings. The van der Waals surface area contributed by atoms with Crippen molar-refractivity contribution in [2.75, 3.05) is 46.2 Å². The van der Waals surface area contributed by atoms with Gasteiger partial charge in [-0.1, -0.05) is 6.92 Å². The number of hydrogen-bond acceptors (Lipinski definition) is 6. The fourth-order valence-electron chi connectivity index (χ4n) is 3.02. The fraction of sp³-hybridized carbons (Fsp3) is 1.00. The van der Waals surface area contributed by atoms with Crippen molar-refractivity contribution in [1.29, 1.82) is 0 Å². The summed E-state index contributed by atoms with van der Waals surface area (Å²) in [6.45, 7) is 8.13. The minimum atomic E-state index is -0.516. The van der Waals surface area contributed by atoms with E-state index >= 15 is 0 Å². The lowest BCUT2D eigenvalue weighted by Crippen LogP contribution is -2.49. The van der Waals surface area contributed by atoms with Crippen molar-refractivity contribution in [2.24, 2.45) is 16.7 Å². The SMILES string of the molecule is CC1OCC(CO)(COCC2(CO)COC(C)C(C)C2)CO1. The van der Waals surface area contributed by atoms with Gasteiger partial charge in [-0.15, -0.1) is 0 Å². The molecule has 0 radical (unpaired) electrons. The number of ether oxygens (including phenoxy) is 4. The van der Waals surface area contributed by atoms with Crippen LogP contribution in [0.15, 0.2) is 0 Å². The maximum Gasteiger partial charge on any atom is 0.154 e. The van der Waals surface area contributed by atoms with Gasteiger partial charge in [0.05, 0.1) is 57.8 Å². The van der Waals surface area contributed by atoms with Crippen molar-refractivity contribution in [3.8, 4) is 0 Å². The normalized spacial score (nSPS) is 43.2. The van der Waals surface area contributed by atoms with Crippen LogP contribution in [0.3, 0.4) is 0 Å². The molecule has 0 aromatic heterocycles. The summed E-state index contributed by atoms with van der Waals surface area (Å²) in [7, 11) is 0. The highest BCUT2D eigenvalue weighted by Crippen LogP contribution is 2.35. The summed E-state index contributed by atoms with van der Waals surface area (Å²) >= 11 is 0. The Morgan fingerprint density at radius 3 is 2.00 bits per heavy atom. The van der Waals surface area contributed by atoms with Crippen LogP contribution in [0.25, 0.3) is 0 Å². The zero-order valence-corrected chi connectivity index (χ0v) is 13.9. The van der Waals surface area contributed by atoms with E-state index in [1.54, 1.807) is 0 Å². The van der Waals surface area contributed by atoms with E-state index in [4.69, 9.17) is 18.9 Å². The molecule has 0 amide bonds. The van der Waals surface area contributed by atoms with Crippen LogP contribution < -0.4 is 0 Å². The maximum atomic E-state index is 9.78. The van der Waals surface area contributed by atoms with Crippen molar-refractivity contribution in [1.82, 2.24) is 0 Å². The molecular weight excluding hydrogens is 288 g/mol. The van der Waals surface area contributed by atoms with E-state index in [1.165, 1.54) is 0 Å². The fourth-order valence-corrected chi connectivity index (χ4v) is 3.02. The lowest BCUT2D eigenvalue weighted by atomic mass is 9.77. The first kappa shape index (κ1) is 18.1. The Kier molecular flexibility index (Phi) is 6.22. The predicted molar refractivity (Wildman–Crippen MR) is 80.4 cm³/mol. The minimum absolute atomic E-state index is 0.0419. The third kappa shape index (κ3) is 4.19. The highest BCUT2D eigenvalue weighted by Gasteiger charge is 2.41. The zero-order valence-electron chi connectivity index (χ0n) is 13.9. The van der Waals surface area contributed by atoms with Gasteiger partial charge in [-0.05, 0) is 26.2 Å². The standard InChI is InChI=1S/C16H30O6/c1-12-4-15(5-17,9-20-13(12)2)7-19-8-16(6-18)10-21-14(3)22-11-16/h12-14,17-18H,4-11H2,1-3H3. The van der Waals surface area contributed by atoms with E-state index in [9.17, 15) is 10.2 Å². The van der Waals surface area contributed by atoms with Gasteiger partial charge in [0, 0.05) is 5.41 Å². The first-order valence-corrected chi connectivity index (χ1v) is 8.08. The summed E-state index contributed by atoms with van der Waals surface area (Å²) in [5, 5.41) is 19.4. The molecule has 0 spiro atoms. The van der Waals surface area contributed by atoms with Crippen LogP contribution in [0, 0.1) is 16.7 Å². The van der Waals surface area contributed by atoms with Crippen molar-refractivity contribution in [3.63, 3.8) is 0 Å². The second-order valence-corrected chi connectivity index (χ2v) is 7.20. The van der Waals surface area contributed by atoms with Gasteiger partial charge in [0.15, 0.2) is 6.29 Å². The Hall–Kier alpha value is -0.240. The molecule has 130 valence electrons. The Morgan fingerprint density at radius 2 is 1.45 bits per heavy atom. The van der Waals surface area contributed by atoms with Gasteiger partial charge in [-0.25, -0.2) is 0 Å². The van der Waals surface area contributed by atoms with Crippen molar-refractivity contribution >= 4 is 0 Å². The molecule has 0 saturated carbocycles. The molecule has 2 N–H and O–H groups in total. The first-order valence-electron chi connectivity index (χ1n) is 8.08. The molecule has 0 aromatic carbocycles. The Bertz CT molecular complexity index is 342. The zero-order chi connectivity index (χ0) is 16.2. The highest BCUT2D eigenvalue weighted by atomic mass is 16.7. The second kappa shape index (κ2) is 7.55. The molecule has 2 heterocycles. The summed E-state index contributed by atoms with van der Waals surface area (Å²) < 4.78 is 22.6. The first-order chi connectivity index (χ1) is 10.4. The quantitative estimate of drug-likeness (QED) is 0.754. The van der Waals surface area contributed by atoms with Gasteiger partial charge in [0.25, 0.3) is 0 Å². The lowest BCUT2D eigenvalue weighted by Gasteiger charge is -2.42. The third-order valence-corrected chi connectivity index (χ3v) is 4.94. The van der Waals surface area contributed by atoms with Crippen LogP contribution in [0.1, 0.15) is 27.2 Å². The molecule has 2 aliphatic rings. The number of aliphatic hydroxyl groups excluding tert-OH is 2. The van der Waals surface area contributed by atoms with E-state index in [0.29, 0.717) is 39.0 Å². The molecule has 3 atom stereocenters. The maximum absolute atomic E-state index is 9.78. The summed E-state index contributed by atoms with van der Waals surface area (Å²) in [5.74, 6) is 0.387. The molecule has 3 unspecified atom stereocenters. The predicted octanol–water partition coefficient (Wildman–Crippen LogP) is 0.798. The number of aliphatic hydroxyl groups is 2. The topological polar surface area (TPSA) is 77.4 Å². The molecule has 2 aliphatic heterocycles. The lowest BCUT2D eigenvalue weighted by molar-refractivity contribution is -0.243. The van der Waals surface area contributed by atoms with Gasteiger partial charge in [0.1, 0.15) is 0 Å². The van der Waals surface area contributed by atoms with Gasteiger partial charge < -0.3 is 29.2 Å². The minimum Gasteiger partial charge on any atom is -0.396 e. The average Bonchev–Trinajstić information content (AvgIpc) is 2.53. The summed E-state index contributed by atoms with van der Waals surface area (Å²) in [6, 6.07) is 0. The van der Waals surface area contributed by atoms with E-state index in [2.05, 4.69) is 13.8 Å². The van der Waals surface area contributed by atoms with Gasteiger partial charge in [-0.3, -0.25) is 0 Å². The molecule has 2 rings (SSSR count). The molecule has 22 heavy (non-hydrogen) atoms. The van der Waals surface area contributed by atoms with Crippen molar-refractivity contribution < 1.29 is 29.2 Å². The summed E-state index contributed by atoms with van der Waals surface area (Å²) in [4.78, 5) is 0. The van der Waals surface area contributed by atoms with Crippen LogP contribution in [0.2, 0.25) is 0 Å². The molecule has 6 heteroatoms. The van der Waals surface area contributed by atoms with Gasteiger partial charge >= 0.3 is 0 Å². The van der Waals surface area contributed by atoms with Gasteiger partial charge in [-0.2, -0.15) is 0 Å². The van der Waals surface area contributed by atoms with E-state index < -0.39 is 5.41 Å². The Labute approximate surface area is 132 Å². The van der Waals surface area contributed by atoms with Crippen molar-refractivity contribution in [3.05, 3.63) is 0 Å². The summed E-state index contributed by atoms with van der Waals surface area (Å²) in [6.07, 6.45) is 0.850. The van der Waals surface area contributed by atoms with Gasteiger partial charge in [0.2, 0.25) is 0 Å². The molecule has 6 nitrogen and oxygen atoms in total. The molecule has 0 aliphatic carbocycles. The third-order valence-electron chi connectivity index (χ3n) is 4.94. The van der Waals surface area contributed by atoms with Crippen LogP contribution in [0.5, 0.6) is 0 Å². The van der Waals surface area contributed by atoms with Crippen LogP contribution in [-0.2, 0) is 18.9 Å². The Balaban J connectivity index is 1.85. The molecule has 0 aromatic rings. The monoisotopic (exact) mass is 318 g/mol. The molecular formula is C16H30O6. The smallest absolute Gasteiger partial charge is 0.154 e. The van der Waals surface area contributed by atoms with E-state index in [1.807, 2.05) is 6.92 Å². The number of hydrogen-bond donors (Lipinski definition) is 2. The average molecular weight is 318 g/mol. The molecule has 2 saturated heterocycles. The Morgan fingerprint density at radius 1 is 0.909 bits per heavy atom. The largest absolute Gasteiger partial charge is 0.396 e. The van der Waals surface area contributed by atoms with Crippen LogP contribution in [0.4, 0.5) is 0 Å². The van der Waals surface area contributed by atoms with E-state index in [0.717, 1.165) is 6.42 Å². The van der Waals surface area contributed by atoms with E-state index in [-0.39, 0.29) is 31.0 Å². The number of rotatable bonds is 6. The van der Waals surface area contributed by atoms with Crippen LogP contribution >= 0.6 is 0 Å². The van der Waals surface area contributed by atoms with Crippen LogP contribution in [-0.4, -0.2) is 68.9 Å².